The molecule has 1 aromatic heterocycles. The molecule has 0 aliphatic heterocycles. The van der Waals surface area contributed by atoms with Crippen LogP contribution >= 0.6 is 23.2 Å². The zero-order chi connectivity index (χ0) is 20.2. The van der Waals surface area contributed by atoms with Crippen LogP contribution in [0.4, 0.5) is 0 Å². The monoisotopic (exact) mass is 421 g/mol. The molecule has 0 spiro atoms. The van der Waals surface area contributed by atoms with E-state index in [0.717, 1.165) is 27.1 Å². The fourth-order valence-electron chi connectivity index (χ4n) is 3.12. The van der Waals surface area contributed by atoms with E-state index < -0.39 is 0 Å². The summed E-state index contributed by atoms with van der Waals surface area (Å²) in [5.74, 6) is -0.289. The minimum atomic E-state index is -0.289. The predicted octanol–water partition coefficient (Wildman–Crippen LogP) is 5.76. The number of rotatable bonds is 5. The smallest absolute Gasteiger partial charge is 0.271 e. The maximum atomic E-state index is 12.2. The number of carbonyl (C=O) groups excluding carboxylic acids is 1. The molecule has 4 rings (SSSR count). The van der Waals surface area contributed by atoms with Crippen LogP contribution in [0.3, 0.4) is 0 Å². The third-order valence-corrected chi connectivity index (χ3v) is 5.07. The number of nitrogens with one attached hydrogen (secondary N) is 1. The van der Waals surface area contributed by atoms with Crippen LogP contribution in [0.15, 0.2) is 84.1 Å². The number of para-hydroxylation sites is 1. The number of aromatic nitrogens is 1. The average molecular weight is 422 g/mol. The van der Waals surface area contributed by atoms with E-state index in [1.807, 2.05) is 48.7 Å². The lowest BCUT2D eigenvalue weighted by Crippen LogP contribution is -2.17. The van der Waals surface area contributed by atoms with E-state index >= 15 is 0 Å². The molecule has 1 amide bonds. The largest absolute Gasteiger partial charge is 0.342 e. The maximum absolute atomic E-state index is 12.2. The van der Waals surface area contributed by atoms with Gasteiger partial charge < -0.3 is 4.57 Å². The summed E-state index contributed by atoms with van der Waals surface area (Å²) in [7, 11) is 0. The Morgan fingerprint density at radius 2 is 1.59 bits per heavy atom. The molecule has 0 radical (unpaired) electrons. The van der Waals surface area contributed by atoms with Gasteiger partial charge in [-0.1, -0.05) is 53.5 Å². The van der Waals surface area contributed by atoms with Crippen LogP contribution in [0.5, 0.6) is 0 Å². The van der Waals surface area contributed by atoms with Crippen molar-refractivity contribution in [1.29, 1.82) is 0 Å². The Morgan fingerprint density at radius 3 is 2.31 bits per heavy atom. The van der Waals surface area contributed by atoms with Gasteiger partial charge in [0, 0.05) is 44.8 Å². The summed E-state index contributed by atoms with van der Waals surface area (Å²) in [5, 5.41) is 6.50. The van der Waals surface area contributed by atoms with Crippen LogP contribution in [0.25, 0.3) is 10.9 Å². The van der Waals surface area contributed by atoms with Gasteiger partial charge in [-0.15, -0.1) is 0 Å². The van der Waals surface area contributed by atoms with Crippen molar-refractivity contribution in [2.45, 2.75) is 6.54 Å². The van der Waals surface area contributed by atoms with Gasteiger partial charge >= 0.3 is 0 Å². The summed E-state index contributed by atoms with van der Waals surface area (Å²) in [6.07, 6.45) is 3.69. The highest BCUT2D eigenvalue weighted by Crippen LogP contribution is 2.22. The number of halogens is 2. The van der Waals surface area contributed by atoms with E-state index in [9.17, 15) is 4.79 Å². The van der Waals surface area contributed by atoms with E-state index in [2.05, 4.69) is 21.2 Å². The van der Waals surface area contributed by atoms with Crippen LogP contribution in [-0.4, -0.2) is 16.7 Å². The number of carbonyl (C=O) groups is 1. The zero-order valence-corrected chi connectivity index (χ0v) is 16.9. The highest BCUT2D eigenvalue weighted by molar-refractivity contribution is 6.30. The third kappa shape index (κ3) is 4.50. The number of hydrogen-bond acceptors (Lipinski definition) is 2. The molecule has 6 heteroatoms. The molecule has 4 aromatic rings. The van der Waals surface area contributed by atoms with Crippen LogP contribution in [-0.2, 0) is 6.54 Å². The molecule has 0 atom stereocenters. The molecule has 0 aliphatic carbocycles. The van der Waals surface area contributed by atoms with Crippen molar-refractivity contribution in [3.05, 3.63) is 106 Å². The molecular weight excluding hydrogens is 405 g/mol. The highest BCUT2D eigenvalue weighted by Gasteiger charge is 2.08. The summed E-state index contributed by atoms with van der Waals surface area (Å²) in [5.41, 5.74) is 6.22. The van der Waals surface area contributed by atoms with Crippen molar-refractivity contribution in [3.8, 4) is 0 Å². The number of amides is 1. The molecule has 0 saturated carbocycles. The fourth-order valence-corrected chi connectivity index (χ4v) is 3.37. The Hall–Kier alpha value is -3.08. The SMILES string of the molecule is O=C(N/N=C\c1cn(Cc2ccc(Cl)cc2)c2ccccc12)c1ccc(Cl)cc1. The molecule has 1 N–H and O–H groups in total. The lowest BCUT2D eigenvalue weighted by Gasteiger charge is -2.05. The fraction of sp³-hybridized carbons (Fsp3) is 0.0435. The van der Waals surface area contributed by atoms with Crippen molar-refractivity contribution >= 4 is 46.2 Å². The van der Waals surface area contributed by atoms with Gasteiger partial charge in [-0.05, 0) is 48.0 Å². The Balaban J connectivity index is 1.55. The van der Waals surface area contributed by atoms with Crippen molar-refractivity contribution in [2.24, 2.45) is 5.10 Å². The summed E-state index contributed by atoms with van der Waals surface area (Å²) in [4.78, 5) is 12.2. The Labute approximate surface area is 178 Å². The van der Waals surface area contributed by atoms with Crippen molar-refractivity contribution in [1.82, 2.24) is 9.99 Å². The quantitative estimate of drug-likeness (QED) is 0.323. The topological polar surface area (TPSA) is 46.4 Å². The lowest BCUT2D eigenvalue weighted by atomic mass is 10.2. The van der Waals surface area contributed by atoms with Crippen molar-refractivity contribution in [3.63, 3.8) is 0 Å². The molecule has 0 aliphatic rings. The minimum absolute atomic E-state index is 0.289. The van der Waals surface area contributed by atoms with Gasteiger partial charge in [0.15, 0.2) is 0 Å². The van der Waals surface area contributed by atoms with Gasteiger partial charge in [0.25, 0.3) is 5.91 Å². The number of benzene rings is 3. The lowest BCUT2D eigenvalue weighted by molar-refractivity contribution is 0.0955. The van der Waals surface area contributed by atoms with Crippen LogP contribution in [0.1, 0.15) is 21.5 Å². The van der Waals surface area contributed by atoms with E-state index in [-0.39, 0.29) is 5.91 Å². The molecule has 3 aromatic carbocycles. The number of fused-ring (bicyclic) bond motifs is 1. The van der Waals surface area contributed by atoms with E-state index in [4.69, 9.17) is 23.2 Å². The van der Waals surface area contributed by atoms with E-state index in [0.29, 0.717) is 17.1 Å². The van der Waals surface area contributed by atoms with Gasteiger partial charge in [0.2, 0.25) is 0 Å². The molecule has 4 nitrogen and oxygen atoms in total. The van der Waals surface area contributed by atoms with Crippen LogP contribution in [0.2, 0.25) is 10.0 Å². The van der Waals surface area contributed by atoms with Crippen molar-refractivity contribution < 1.29 is 4.79 Å². The molecular formula is C23H17Cl2N3O. The minimum Gasteiger partial charge on any atom is -0.342 e. The second-order valence-corrected chi connectivity index (χ2v) is 7.43. The molecule has 0 saturated heterocycles. The van der Waals surface area contributed by atoms with Crippen molar-refractivity contribution in [2.75, 3.05) is 0 Å². The maximum Gasteiger partial charge on any atom is 0.271 e. The third-order valence-electron chi connectivity index (χ3n) is 4.56. The van der Waals surface area contributed by atoms with Gasteiger partial charge in [-0.3, -0.25) is 4.79 Å². The second kappa shape index (κ2) is 8.52. The standard InChI is InChI=1S/C23H17Cl2N3O/c24-19-9-5-16(6-10-19)14-28-15-18(21-3-1-2-4-22(21)28)13-26-27-23(29)17-7-11-20(25)12-8-17/h1-13,15H,14H2,(H,27,29)/b26-13-. The molecule has 144 valence electrons. The summed E-state index contributed by atoms with van der Waals surface area (Å²) < 4.78 is 2.15. The van der Waals surface area contributed by atoms with Crippen LogP contribution < -0.4 is 5.43 Å². The van der Waals surface area contributed by atoms with Gasteiger partial charge in [-0.2, -0.15) is 5.10 Å². The van der Waals surface area contributed by atoms with E-state index in [1.54, 1.807) is 30.5 Å². The molecule has 0 fully saturated rings. The zero-order valence-electron chi connectivity index (χ0n) is 15.3. The second-order valence-electron chi connectivity index (χ2n) is 6.56. The number of nitrogens with zero attached hydrogens (tertiary/aromatic N) is 2. The first-order valence-electron chi connectivity index (χ1n) is 9.01. The first-order valence-corrected chi connectivity index (χ1v) is 9.77. The first-order chi connectivity index (χ1) is 14.1. The normalized spacial score (nSPS) is 11.2. The Bertz CT molecular complexity index is 1180. The molecule has 29 heavy (non-hydrogen) atoms. The number of hydrogen-bond donors (Lipinski definition) is 1. The summed E-state index contributed by atoms with van der Waals surface area (Å²) in [6, 6.07) is 22.5. The highest BCUT2D eigenvalue weighted by atomic mass is 35.5. The summed E-state index contributed by atoms with van der Waals surface area (Å²) in [6.45, 7) is 0.711. The number of hydrazone groups is 1. The molecule has 0 bridgehead atoms. The Kier molecular flexibility index (Phi) is 5.65. The molecule has 1 heterocycles. The predicted molar refractivity (Wildman–Crippen MR) is 119 cm³/mol. The van der Waals surface area contributed by atoms with Crippen LogP contribution in [0, 0.1) is 0 Å². The molecule has 0 unspecified atom stereocenters. The van der Waals surface area contributed by atoms with Gasteiger partial charge in [-0.25, -0.2) is 5.43 Å². The first kappa shape index (κ1) is 19.2. The Morgan fingerprint density at radius 1 is 0.931 bits per heavy atom. The van der Waals surface area contributed by atoms with E-state index in [1.165, 1.54) is 0 Å². The summed E-state index contributed by atoms with van der Waals surface area (Å²) >= 11 is 11.8. The van der Waals surface area contributed by atoms with Gasteiger partial charge in [0.05, 0.1) is 6.21 Å². The average Bonchev–Trinajstić information content (AvgIpc) is 3.08. The van der Waals surface area contributed by atoms with Gasteiger partial charge in [0.1, 0.15) is 0 Å².